The van der Waals surface area contributed by atoms with Crippen molar-refractivity contribution in [1.29, 1.82) is 0 Å². The maximum Gasteiger partial charge on any atom is 0.408 e. The summed E-state index contributed by atoms with van der Waals surface area (Å²) in [6.45, 7) is 4.39. The van der Waals surface area contributed by atoms with Crippen LogP contribution in [0.15, 0.2) is 12.7 Å². The number of hydrogen-bond donors (Lipinski definition) is 3. The third-order valence-electron chi connectivity index (χ3n) is 2.14. The topological polar surface area (TPSA) is 93.4 Å². The Morgan fingerprint density at radius 1 is 1.47 bits per heavy atom. The van der Waals surface area contributed by atoms with E-state index in [9.17, 15) is 9.59 Å². The molecular weight excluding hydrogens is 222 g/mol. The number of nitrogens with one attached hydrogen (secondary N) is 2. The van der Waals surface area contributed by atoms with E-state index in [-0.39, 0.29) is 6.61 Å². The lowest BCUT2D eigenvalue weighted by atomic mass is 10.1. The van der Waals surface area contributed by atoms with E-state index in [1.807, 2.05) is 7.05 Å². The first kappa shape index (κ1) is 15.4. The molecule has 4 N–H and O–H groups in total. The van der Waals surface area contributed by atoms with Gasteiger partial charge >= 0.3 is 6.09 Å². The van der Waals surface area contributed by atoms with E-state index in [2.05, 4.69) is 17.2 Å². The molecule has 0 spiro atoms. The molecule has 17 heavy (non-hydrogen) atoms. The van der Waals surface area contributed by atoms with Gasteiger partial charge in [0, 0.05) is 0 Å². The number of alkyl carbamates (subject to hydrolysis) is 1. The summed E-state index contributed by atoms with van der Waals surface area (Å²) in [6.07, 6.45) is 3.04. The van der Waals surface area contributed by atoms with Gasteiger partial charge in [0.25, 0.3) is 0 Å². The Morgan fingerprint density at radius 3 is 2.71 bits per heavy atom. The molecule has 0 heterocycles. The molecule has 0 radical (unpaired) electrons. The largest absolute Gasteiger partial charge is 0.445 e. The standard InChI is InChI=1S/C11H21N3O3/c1-3-8-17-11(16)14-9(10(12)15)6-4-5-7-13-2/h3,9,13H,1,4-8H2,2H3,(H2,12,15)(H,14,16). The molecule has 0 aliphatic carbocycles. The normalized spacial score (nSPS) is 11.6. The Bertz CT molecular complexity index is 256. The molecule has 0 aromatic carbocycles. The molecule has 6 nitrogen and oxygen atoms in total. The lowest BCUT2D eigenvalue weighted by molar-refractivity contribution is -0.120. The smallest absolute Gasteiger partial charge is 0.408 e. The molecule has 98 valence electrons. The van der Waals surface area contributed by atoms with Crippen LogP contribution >= 0.6 is 0 Å². The van der Waals surface area contributed by atoms with Crippen molar-refractivity contribution in [2.75, 3.05) is 20.2 Å². The first-order valence-corrected chi connectivity index (χ1v) is 5.60. The summed E-state index contributed by atoms with van der Waals surface area (Å²) in [7, 11) is 1.86. The molecule has 0 fully saturated rings. The molecule has 1 unspecified atom stereocenters. The van der Waals surface area contributed by atoms with Crippen molar-refractivity contribution in [1.82, 2.24) is 10.6 Å². The number of ether oxygens (including phenoxy) is 1. The quantitative estimate of drug-likeness (QED) is 0.397. The summed E-state index contributed by atoms with van der Waals surface area (Å²) >= 11 is 0. The lowest BCUT2D eigenvalue weighted by Gasteiger charge is -2.14. The minimum atomic E-state index is -0.677. The molecule has 0 aliphatic rings. The molecule has 0 aliphatic heterocycles. The third-order valence-corrected chi connectivity index (χ3v) is 2.14. The maximum absolute atomic E-state index is 11.2. The van der Waals surface area contributed by atoms with Crippen LogP contribution in [-0.2, 0) is 9.53 Å². The van der Waals surface area contributed by atoms with Crippen molar-refractivity contribution >= 4 is 12.0 Å². The summed E-state index contributed by atoms with van der Waals surface area (Å²) in [5, 5.41) is 5.42. The van der Waals surface area contributed by atoms with Gasteiger partial charge in [0.05, 0.1) is 0 Å². The SMILES string of the molecule is C=CCOC(=O)NC(CCCCNC)C(N)=O. The molecule has 0 saturated heterocycles. The fourth-order valence-electron chi connectivity index (χ4n) is 1.25. The van der Waals surface area contributed by atoms with Gasteiger partial charge < -0.3 is 21.1 Å². The number of carbonyl (C=O) groups is 2. The van der Waals surface area contributed by atoms with E-state index >= 15 is 0 Å². The molecule has 0 bridgehead atoms. The second-order valence-corrected chi connectivity index (χ2v) is 3.59. The molecule has 0 aromatic rings. The van der Waals surface area contributed by atoms with Gasteiger partial charge in [-0.2, -0.15) is 0 Å². The van der Waals surface area contributed by atoms with Gasteiger partial charge in [-0.1, -0.05) is 12.7 Å². The number of unbranched alkanes of at least 4 members (excludes halogenated alkanes) is 1. The number of primary amides is 1. The second-order valence-electron chi connectivity index (χ2n) is 3.59. The van der Waals surface area contributed by atoms with Gasteiger partial charge in [0.15, 0.2) is 0 Å². The second kappa shape index (κ2) is 9.65. The maximum atomic E-state index is 11.2. The summed E-state index contributed by atoms with van der Waals surface area (Å²) in [4.78, 5) is 22.3. The van der Waals surface area contributed by atoms with Crippen molar-refractivity contribution in [2.45, 2.75) is 25.3 Å². The van der Waals surface area contributed by atoms with E-state index in [1.165, 1.54) is 6.08 Å². The summed E-state index contributed by atoms with van der Waals surface area (Å²) in [5.41, 5.74) is 5.18. The number of carbonyl (C=O) groups excluding carboxylic acids is 2. The fourth-order valence-corrected chi connectivity index (χ4v) is 1.25. The van der Waals surface area contributed by atoms with Gasteiger partial charge in [-0.05, 0) is 32.9 Å². The fraction of sp³-hybridized carbons (Fsp3) is 0.636. The number of rotatable bonds is 9. The van der Waals surface area contributed by atoms with Gasteiger partial charge in [-0.3, -0.25) is 4.79 Å². The highest BCUT2D eigenvalue weighted by atomic mass is 16.5. The van der Waals surface area contributed by atoms with Gasteiger partial charge in [-0.15, -0.1) is 0 Å². The predicted molar refractivity (Wildman–Crippen MR) is 65.4 cm³/mol. The summed E-state index contributed by atoms with van der Waals surface area (Å²) in [6, 6.07) is -0.677. The summed E-state index contributed by atoms with van der Waals surface area (Å²) in [5.74, 6) is -0.551. The Hall–Kier alpha value is -1.56. The van der Waals surface area contributed by atoms with Crippen LogP contribution in [-0.4, -0.2) is 38.2 Å². The monoisotopic (exact) mass is 243 g/mol. The van der Waals surface area contributed by atoms with Crippen molar-refractivity contribution in [3.8, 4) is 0 Å². The van der Waals surface area contributed by atoms with E-state index in [1.54, 1.807) is 0 Å². The predicted octanol–water partition coefficient (Wildman–Crippen LogP) is 0.142. The third kappa shape index (κ3) is 8.27. The van der Waals surface area contributed by atoms with Crippen LogP contribution in [0.3, 0.4) is 0 Å². The Balaban J connectivity index is 3.93. The van der Waals surface area contributed by atoms with E-state index in [4.69, 9.17) is 10.5 Å². The molecule has 1 atom stereocenters. The van der Waals surface area contributed by atoms with Crippen molar-refractivity contribution in [3.63, 3.8) is 0 Å². The van der Waals surface area contributed by atoms with Gasteiger partial charge in [0.1, 0.15) is 12.6 Å². The van der Waals surface area contributed by atoms with Crippen molar-refractivity contribution < 1.29 is 14.3 Å². The van der Waals surface area contributed by atoms with Crippen LogP contribution in [0.1, 0.15) is 19.3 Å². The highest BCUT2D eigenvalue weighted by Gasteiger charge is 2.17. The average Bonchev–Trinajstić information content (AvgIpc) is 2.30. The van der Waals surface area contributed by atoms with Crippen LogP contribution in [0.5, 0.6) is 0 Å². The molecule has 0 rings (SSSR count). The van der Waals surface area contributed by atoms with Crippen LogP contribution in [0, 0.1) is 0 Å². The molecule has 0 aromatic heterocycles. The van der Waals surface area contributed by atoms with E-state index in [0.717, 1.165) is 19.4 Å². The minimum Gasteiger partial charge on any atom is -0.445 e. The zero-order valence-electron chi connectivity index (χ0n) is 10.2. The zero-order chi connectivity index (χ0) is 13.1. The van der Waals surface area contributed by atoms with Gasteiger partial charge in [0.2, 0.25) is 5.91 Å². The molecule has 6 heteroatoms. The van der Waals surface area contributed by atoms with Crippen molar-refractivity contribution in [3.05, 3.63) is 12.7 Å². The lowest BCUT2D eigenvalue weighted by Crippen LogP contribution is -2.44. The van der Waals surface area contributed by atoms with Crippen LogP contribution in [0.25, 0.3) is 0 Å². The van der Waals surface area contributed by atoms with Crippen LogP contribution < -0.4 is 16.4 Å². The van der Waals surface area contributed by atoms with Crippen molar-refractivity contribution in [2.24, 2.45) is 5.73 Å². The number of nitrogens with two attached hydrogens (primary N) is 1. The minimum absolute atomic E-state index is 0.108. The highest BCUT2D eigenvalue weighted by Crippen LogP contribution is 2.00. The van der Waals surface area contributed by atoms with Gasteiger partial charge in [-0.25, -0.2) is 4.79 Å². The summed E-state index contributed by atoms with van der Waals surface area (Å²) < 4.78 is 4.71. The molecular formula is C11H21N3O3. The van der Waals surface area contributed by atoms with E-state index < -0.39 is 18.0 Å². The van der Waals surface area contributed by atoms with Crippen LogP contribution in [0.2, 0.25) is 0 Å². The highest BCUT2D eigenvalue weighted by molar-refractivity contribution is 5.84. The Morgan fingerprint density at radius 2 is 2.18 bits per heavy atom. The molecule has 0 saturated carbocycles. The van der Waals surface area contributed by atoms with E-state index in [0.29, 0.717) is 6.42 Å². The zero-order valence-corrected chi connectivity index (χ0v) is 10.2. The first-order valence-electron chi connectivity index (χ1n) is 5.60. The van der Waals surface area contributed by atoms with Crippen LogP contribution in [0.4, 0.5) is 4.79 Å². The Kier molecular flexibility index (Phi) is 8.77. The molecule has 2 amide bonds. The Labute approximate surface area is 102 Å². The first-order chi connectivity index (χ1) is 8.11. The number of hydrogen-bond acceptors (Lipinski definition) is 4. The average molecular weight is 243 g/mol. The number of amides is 2.